The van der Waals surface area contributed by atoms with Gasteiger partial charge >= 0.3 is 12.1 Å². The molecule has 0 atom stereocenters. The second-order valence-electron chi connectivity index (χ2n) is 11.1. The van der Waals surface area contributed by atoms with Gasteiger partial charge in [-0.3, -0.25) is 0 Å². The van der Waals surface area contributed by atoms with E-state index in [2.05, 4.69) is 41.1 Å². The molecule has 0 saturated heterocycles. The van der Waals surface area contributed by atoms with Crippen LogP contribution in [-0.4, -0.2) is 54.3 Å². The standard InChI is InChI=1S/C26H34FN5O2S.C2HF3O2/c1-26(2,3)32-24-20-8-4-6-10-22(20)30-25(31-24)28-16-18-12-14-19(15-13-18)17-29-35(33,34)23-11-7-5-9-21(23)27;3-2(4,5)1(6)7/h4-11,18-19,29H,12-17H2,1-3H3,(H2,28,30,31,32);(H,6,7). The molecule has 0 radical (unpaired) electrons. The van der Waals surface area contributed by atoms with Gasteiger partial charge < -0.3 is 15.7 Å². The van der Waals surface area contributed by atoms with Gasteiger partial charge in [-0.05, 0) is 82.6 Å². The number of hydrogen-bond donors (Lipinski definition) is 4. The number of para-hydroxylation sites is 1. The number of carboxylic acid groups (broad SMARTS) is 1. The van der Waals surface area contributed by atoms with Gasteiger partial charge in [-0.2, -0.15) is 18.2 Å². The van der Waals surface area contributed by atoms with Crippen molar-refractivity contribution in [3.8, 4) is 0 Å². The summed E-state index contributed by atoms with van der Waals surface area (Å²) in [5.74, 6) is -1.36. The van der Waals surface area contributed by atoms with Crippen LogP contribution in [0.25, 0.3) is 10.9 Å². The van der Waals surface area contributed by atoms with Crippen molar-refractivity contribution >= 4 is 38.7 Å². The minimum atomic E-state index is -5.08. The summed E-state index contributed by atoms with van der Waals surface area (Å²) in [5, 5.41) is 15.0. The predicted octanol–water partition coefficient (Wildman–Crippen LogP) is 5.81. The van der Waals surface area contributed by atoms with Gasteiger partial charge in [0.2, 0.25) is 16.0 Å². The summed E-state index contributed by atoms with van der Waals surface area (Å²) in [4.78, 5) is 18.0. The normalized spacial score (nSPS) is 17.7. The number of benzene rings is 2. The Morgan fingerprint density at radius 2 is 1.48 bits per heavy atom. The molecule has 1 aliphatic rings. The largest absolute Gasteiger partial charge is 0.490 e. The molecule has 1 fully saturated rings. The number of carboxylic acids is 1. The molecule has 3 aromatic rings. The molecule has 4 rings (SSSR count). The Kier molecular flexibility index (Phi) is 10.7. The number of aliphatic carboxylic acids is 1. The zero-order chi connectivity index (χ0) is 31.1. The highest BCUT2D eigenvalue weighted by Crippen LogP contribution is 2.30. The van der Waals surface area contributed by atoms with Gasteiger partial charge in [0.1, 0.15) is 16.5 Å². The van der Waals surface area contributed by atoms with Crippen molar-refractivity contribution in [2.45, 2.75) is 63.1 Å². The maximum atomic E-state index is 13.9. The molecule has 9 nitrogen and oxygen atoms in total. The van der Waals surface area contributed by atoms with Crippen molar-refractivity contribution in [1.29, 1.82) is 0 Å². The van der Waals surface area contributed by atoms with Gasteiger partial charge in [0.05, 0.1) is 5.52 Å². The first kappa shape index (κ1) is 33.0. The molecule has 0 aliphatic heterocycles. The van der Waals surface area contributed by atoms with Crippen molar-refractivity contribution in [1.82, 2.24) is 14.7 Å². The van der Waals surface area contributed by atoms with Gasteiger partial charge in [-0.25, -0.2) is 27.3 Å². The zero-order valence-electron chi connectivity index (χ0n) is 23.5. The van der Waals surface area contributed by atoms with Crippen LogP contribution in [0.5, 0.6) is 0 Å². The predicted molar refractivity (Wildman–Crippen MR) is 152 cm³/mol. The number of sulfonamides is 1. The van der Waals surface area contributed by atoms with Crippen molar-refractivity contribution in [3.05, 3.63) is 54.3 Å². The number of anilines is 2. The average molecular weight is 614 g/mol. The molecule has 1 heterocycles. The number of carbonyl (C=O) groups is 1. The van der Waals surface area contributed by atoms with Crippen molar-refractivity contribution in [2.24, 2.45) is 11.8 Å². The van der Waals surface area contributed by atoms with Gasteiger partial charge in [0, 0.05) is 24.0 Å². The van der Waals surface area contributed by atoms with E-state index in [1.165, 1.54) is 18.2 Å². The van der Waals surface area contributed by atoms with Crippen LogP contribution in [-0.2, 0) is 14.8 Å². The minimum Gasteiger partial charge on any atom is -0.475 e. The first-order valence-corrected chi connectivity index (χ1v) is 14.9. The number of hydrogen-bond acceptors (Lipinski definition) is 7. The van der Waals surface area contributed by atoms with E-state index < -0.39 is 28.0 Å². The zero-order valence-corrected chi connectivity index (χ0v) is 24.3. The highest BCUT2D eigenvalue weighted by atomic mass is 32.2. The van der Waals surface area contributed by atoms with Crippen LogP contribution in [0.3, 0.4) is 0 Å². The fourth-order valence-electron chi connectivity index (χ4n) is 4.45. The fourth-order valence-corrected chi connectivity index (χ4v) is 5.64. The van der Waals surface area contributed by atoms with Crippen LogP contribution in [0, 0.1) is 17.7 Å². The molecule has 4 N–H and O–H groups in total. The van der Waals surface area contributed by atoms with Crippen molar-refractivity contribution in [3.63, 3.8) is 0 Å². The highest BCUT2D eigenvalue weighted by molar-refractivity contribution is 7.89. The number of nitrogens with one attached hydrogen (secondary N) is 3. The summed E-state index contributed by atoms with van der Waals surface area (Å²) in [6.45, 7) is 7.40. The number of aromatic nitrogens is 2. The Balaban J connectivity index is 0.000000616. The number of alkyl halides is 3. The molecule has 1 saturated carbocycles. The van der Waals surface area contributed by atoms with Crippen LogP contribution in [0.4, 0.5) is 29.3 Å². The van der Waals surface area contributed by atoms with E-state index >= 15 is 0 Å². The Morgan fingerprint density at radius 1 is 0.929 bits per heavy atom. The van der Waals surface area contributed by atoms with Gasteiger partial charge in [-0.1, -0.05) is 24.3 Å². The molecular formula is C28H35F4N5O4S. The van der Waals surface area contributed by atoms with Crippen LogP contribution < -0.4 is 15.4 Å². The Labute approximate surface area is 242 Å². The average Bonchev–Trinajstić information content (AvgIpc) is 2.90. The van der Waals surface area contributed by atoms with Gasteiger partial charge in [-0.15, -0.1) is 0 Å². The first-order chi connectivity index (χ1) is 19.5. The summed E-state index contributed by atoms with van der Waals surface area (Å²) in [7, 11) is -3.85. The number of halogens is 4. The third-order valence-electron chi connectivity index (χ3n) is 6.54. The molecule has 42 heavy (non-hydrogen) atoms. The Hall–Kier alpha value is -3.52. The smallest absolute Gasteiger partial charge is 0.475 e. The minimum absolute atomic E-state index is 0.124. The van der Waals surface area contributed by atoms with Crippen LogP contribution in [0.2, 0.25) is 0 Å². The molecule has 0 unspecified atom stereocenters. The summed E-state index contributed by atoms with van der Waals surface area (Å²) >= 11 is 0. The van der Waals surface area contributed by atoms with Crippen LogP contribution in [0.1, 0.15) is 46.5 Å². The topological polar surface area (TPSA) is 133 Å². The number of fused-ring (bicyclic) bond motifs is 1. The molecule has 2 aromatic carbocycles. The molecule has 0 amide bonds. The number of nitrogens with zero attached hydrogens (tertiary/aromatic N) is 2. The van der Waals surface area contributed by atoms with E-state index in [-0.39, 0.29) is 16.4 Å². The molecule has 14 heteroatoms. The fraction of sp³-hybridized carbons (Fsp3) is 0.464. The quantitative estimate of drug-likeness (QED) is 0.234. The summed E-state index contributed by atoms with van der Waals surface area (Å²) in [5.41, 5.74) is 0.767. The maximum absolute atomic E-state index is 13.9. The van der Waals surface area contributed by atoms with Crippen molar-refractivity contribution in [2.75, 3.05) is 23.7 Å². The lowest BCUT2D eigenvalue weighted by molar-refractivity contribution is -0.192. The van der Waals surface area contributed by atoms with Crippen molar-refractivity contribution < 1.29 is 35.9 Å². The second kappa shape index (κ2) is 13.6. The molecule has 0 bridgehead atoms. The second-order valence-corrected chi connectivity index (χ2v) is 12.9. The monoisotopic (exact) mass is 613 g/mol. The summed E-state index contributed by atoms with van der Waals surface area (Å²) in [6, 6.07) is 13.4. The van der Waals surface area contributed by atoms with Crippen LogP contribution >= 0.6 is 0 Å². The Bertz CT molecular complexity index is 1470. The molecule has 230 valence electrons. The SMILES string of the molecule is CC(C)(C)Nc1nc(NCC2CCC(CNS(=O)(=O)c3ccccc3F)CC2)nc2ccccc12.O=C(O)C(F)(F)F. The Morgan fingerprint density at radius 3 is 2.05 bits per heavy atom. The number of rotatable bonds is 8. The van der Waals surface area contributed by atoms with E-state index in [0.717, 1.165) is 55.0 Å². The molecular weight excluding hydrogens is 578 g/mol. The lowest BCUT2D eigenvalue weighted by Crippen LogP contribution is -2.32. The van der Waals surface area contributed by atoms with E-state index in [1.807, 2.05) is 24.3 Å². The maximum Gasteiger partial charge on any atom is 0.490 e. The van der Waals surface area contributed by atoms with Crippen LogP contribution in [0.15, 0.2) is 53.4 Å². The lowest BCUT2D eigenvalue weighted by atomic mass is 9.82. The third kappa shape index (κ3) is 9.79. The van der Waals surface area contributed by atoms with E-state index in [0.29, 0.717) is 18.4 Å². The van der Waals surface area contributed by atoms with E-state index in [4.69, 9.17) is 14.9 Å². The van der Waals surface area contributed by atoms with Gasteiger partial charge in [0.25, 0.3) is 0 Å². The van der Waals surface area contributed by atoms with Gasteiger partial charge in [0.15, 0.2) is 0 Å². The van der Waals surface area contributed by atoms with E-state index in [9.17, 15) is 26.0 Å². The molecule has 0 spiro atoms. The molecule has 1 aromatic heterocycles. The highest BCUT2D eigenvalue weighted by Gasteiger charge is 2.38. The van der Waals surface area contributed by atoms with E-state index in [1.54, 1.807) is 0 Å². The first-order valence-electron chi connectivity index (χ1n) is 13.4. The third-order valence-corrected chi connectivity index (χ3v) is 8.00. The summed E-state index contributed by atoms with van der Waals surface area (Å²) < 4.78 is 73.1. The summed E-state index contributed by atoms with van der Waals surface area (Å²) in [6.07, 6.45) is -1.28. The lowest BCUT2D eigenvalue weighted by Gasteiger charge is -2.29. The molecule has 1 aliphatic carbocycles.